The number of hydrogen-bond acceptors (Lipinski definition) is 4. The van der Waals surface area contributed by atoms with Crippen molar-refractivity contribution in [2.24, 2.45) is 0 Å². The minimum atomic E-state index is -0.756. The van der Waals surface area contributed by atoms with Crippen molar-refractivity contribution >= 4 is 22.7 Å². The molecule has 0 saturated carbocycles. The normalized spacial score (nSPS) is 12.0. The Balaban J connectivity index is 2.34. The number of likely N-dealkylation sites (N-methyl/N-ethyl adjacent to an activating group) is 1. The van der Waals surface area contributed by atoms with E-state index >= 15 is 0 Å². The standard InChI is InChI=1S/C13H20N4O/c1-4-17(8-13(2,3)18)12-15-10-6-5-9(14)7-11(10)16-12/h5-7,18H,4,8,14H2,1-3H3,(H,15,16). The number of H-pyrrole nitrogens is 1. The van der Waals surface area contributed by atoms with Gasteiger partial charge in [0, 0.05) is 18.8 Å². The van der Waals surface area contributed by atoms with Crippen LogP contribution >= 0.6 is 0 Å². The first-order chi connectivity index (χ1) is 8.39. The van der Waals surface area contributed by atoms with Crippen LogP contribution in [-0.2, 0) is 0 Å². The van der Waals surface area contributed by atoms with Gasteiger partial charge in [-0.3, -0.25) is 0 Å². The molecular formula is C13H20N4O. The average molecular weight is 248 g/mol. The van der Waals surface area contributed by atoms with Crippen LogP contribution in [0.15, 0.2) is 18.2 Å². The van der Waals surface area contributed by atoms with Crippen LogP contribution < -0.4 is 10.6 Å². The lowest BCUT2D eigenvalue weighted by Crippen LogP contribution is -2.39. The van der Waals surface area contributed by atoms with E-state index in [0.717, 1.165) is 23.5 Å². The Kier molecular flexibility index (Phi) is 3.17. The molecule has 0 radical (unpaired) electrons. The Morgan fingerprint density at radius 2 is 2.17 bits per heavy atom. The molecule has 0 atom stereocenters. The van der Waals surface area contributed by atoms with Crippen LogP contribution in [0.3, 0.4) is 0 Å². The molecule has 0 amide bonds. The Hall–Kier alpha value is -1.75. The highest BCUT2D eigenvalue weighted by atomic mass is 16.3. The van der Waals surface area contributed by atoms with Gasteiger partial charge in [0.15, 0.2) is 0 Å². The second kappa shape index (κ2) is 4.49. The highest BCUT2D eigenvalue weighted by Crippen LogP contribution is 2.20. The van der Waals surface area contributed by atoms with Crippen LogP contribution in [0.4, 0.5) is 11.6 Å². The zero-order valence-electron chi connectivity index (χ0n) is 11.1. The van der Waals surface area contributed by atoms with E-state index in [1.165, 1.54) is 0 Å². The molecule has 0 bridgehead atoms. The van der Waals surface area contributed by atoms with Gasteiger partial charge in [0.25, 0.3) is 0 Å². The molecule has 2 rings (SSSR count). The van der Waals surface area contributed by atoms with E-state index in [9.17, 15) is 5.11 Å². The SMILES string of the molecule is CCN(CC(C)(C)O)c1nc2ccc(N)cc2[nH]1. The molecule has 0 spiro atoms. The molecular weight excluding hydrogens is 228 g/mol. The molecule has 18 heavy (non-hydrogen) atoms. The molecule has 2 aromatic rings. The summed E-state index contributed by atoms with van der Waals surface area (Å²) in [4.78, 5) is 9.76. The number of hydrogen-bond donors (Lipinski definition) is 3. The summed E-state index contributed by atoms with van der Waals surface area (Å²) < 4.78 is 0. The molecule has 0 fully saturated rings. The zero-order valence-corrected chi connectivity index (χ0v) is 11.1. The number of anilines is 2. The first-order valence-corrected chi connectivity index (χ1v) is 6.11. The van der Waals surface area contributed by atoms with Crippen molar-refractivity contribution in [3.8, 4) is 0 Å². The Labute approximate surface area is 107 Å². The first-order valence-electron chi connectivity index (χ1n) is 6.11. The Morgan fingerprint density at radius 1 is 1.44 bits per heavy atom. The average Bonchev–Trinajstić information content (AvgIpc) is 2.67. The lowest BCUT2D eigenvalue weighted by molar-refractivity contribution is 0.0872. The molecule has 0 aliphatic rings. The van der Waals surface area contributed by atoms with Gasteiger partial charge < -0.3 is 20.7 Å². The van der Waals surface area contributed by atoms with Crippen molar-refractivity contribution in [3.63, 3.8) is 0 Å². The third kappa shape index (κ3) is 2.73. The molecule has 4 N–H and O–H groups in total. The highest BCUT2D eigenvalue weighted by molar-refractivity contribution is 5.80. The first kappa shape index (κ1) is 12.7. The van der Waals surface area contributed by atoms with Gasteiger partial charge in [0.1, 0.15) is 0 Å². The summed E-state index contributed by atoms with van der Waals surface area (Å²) >= 11 is 0. The van der Waals surface area contributed by atoms with Gasteiger partial charge in [-0.05, 0) is 39.0 Å². The maximum absolute atomic E-state index is 9.90. The van der Waals surface area contributed by atoms with Crippen LogP contribution in [0.25, 0.3) is 11.0 Å². The van der Waals surface area contributed by atoms with Gasteiger partial charge in [-0.1, -0.05) is 0 Å². The van der Waals surface area contributed by atoms with E-state index in [1.54, 1.807) is 13.8 Å². The lowest BCUT2D eigenvalue weighted by atomic mass is 10.1. The Bertz CT molecular complexity index is 541. The molecule has 1 heterocycles. The summed E-state index contributed by atoms with van der Waals surface area (Å²) in [6, 6.07) is 5.59. The number of nitrogens with zero attached hydrogens (tertiary/aromatic N) is 2. The van der Waals surface area contributed by atoms with Crippen molar-refractivity contribution in [2.45, 2.75) is 26.4 Å². The topological polar surface area (TPSA) is 78.2 Å². The summed E-state index contributed by atoms with van der Waals surface area (Å²) in [6.07, 6.45) is 0. The third-order valence-electron chi connectivity index (χ3n) is 2.75. The smallest absolute Gasteiger partial charge is 0.203 e. The van der Waals surface area contributed by atoms with Gasteiger partial charge in [-0.15, -0.1) is 0 Å². The van der Waals surface area contributed by atoms with E-state index in [2.05, 4.69) is 9.97 Å². The van der Waals surface area contributed by atoms with E-state index in [-0.39, 0.29) is 0 Å². The fourth-order valence-corrected chi connectivity index (χ4v) is 1.97. The number of rotatable bonds is 4. The zero-order chi connectivity index (χ0) is 13.3. The van der Waals surface area contributed by atoms with Crippen molar-refractivity contribution in [1.82, 2.24) is 9.97 Å². The number of nitrogens with two attached hydrogens (primary N) is 1. The molecule has 0 aliphatic heterocycles. The fourth-order valence-electron chi connectivity index (χ4n) is 1.97. The van der Waals surface area contributed by atoms with E-state index in [1.807, 2.05) is 30.0 Å². The predicted molar refractivity (Wildman–Crippen MR) is 74.7 cm³/mol. The summed E-state index contributed by atoms with van der Waals surface area (Å²) in [5, 5.41) is 9.90. The van der Waals surface area contributed by atoms with Gasteiger partial charge in [-0.25, -0.2) is 4.98 Å². The molecule has 98 valence electrons. The van der Waals surface area contributed by atoms with Gasteiger partial charge in [0.2, 0.25) is 5.95 Å². The van der Waals surface area contributed by atoms with Crippen molar-refractivity contribution in [3.05, 3.63) is 18.2 Å². The predicted octanol–water partition coefficient (Wildman–Crippen LogP) is 1.74. The number of aliphatic hydroxyl groups is 1. The summed E-state index contributed by atoms with van der Waals surface area (Å²) in [5.74, 6) is 0.764. The molecule has 1 aromatic heterocycles. The van der Waals surface area contributed by atoms with E-state index in [4.69, 9.17) is 5.73 Å². The number of aromatic amines is 1. The summed E-state index contributed by atoms with van der Waals surface area (Å²) in [5.41, 5.74) is 7.50. The van der Waals surface area contributed by atoms with Crippen molar-refractivity contribution in [1.29, 1.82) is 0 Å². The molecule has 0 saturated heterocycles. The number of nitrogens with one attached hydrogen (secondary N) is 1. The van der Waals surface area contributed by atoms with Crippen molar-refractivity contribution < 1.29 is 5.11 Å². The van der Waals surface area contributed by atoms with Gasteiger partial charge in [-0.2, -0.15) is 0 Å². The highest BCUT2D eigenvalue weighted by Gasteiger charge is 2.19. The third-order valence-corrected chi connectivity index (χ3v) is 2.75. The maximum atomic E-state index is 9.90. The summed E-state index contributed by atoms with van der Waals surface area (Å²) in [7, 11) is 0. The van der Waals surface area contributed by atoms with Crippen LogP contribution in [-0.4, -0.2) is 33.8 Å². The van der Waals surface area contributed by atoms with Crippen LogP contribution in [0.1, 0.15) is 20.8 Å². The minimum absolute atomic E-state index is 0.527. The number of imidazole rings is 1. The molecule has 5 nitrogen and oxygen atoms in total. The minimum Gasteiger partial charge on any atom is -0.399 e. The van der Waals surface area contributed by atoms with E-state index in [0.29, 0.717) is 12.2 Å². The monoisotopic (exact) mass is 248 g/mol. The Morgan fingerprint density at radius 3 is 2.78 bits per heavy atom. The fraction of sp³-hybridized carbons (Fsp3) is 0.462. The number of nitrogen functional groups attached to an aromatic ring is 1. The number of fused-ring (bicyclic) bond motifs is 1. The van der Waals surface area contributed by atoms with E-state index < -0.39 is 5.60 Å². The second-order valence-electron chi connectivity index (χ2n) is 5.16. The molecule has 1 aromatic carbocycles. The van der Waals surface area contributed by atoms with Gasteiger partial charge in [0.05, 0.1) is 16.6 Å². The van der Waals surface area contributed by atoms with Crippen molar-refractivity contribution in [2.75, 3.05) is 23.7 Å². The van der Waals surface area contributed by atoms with Crippen LogP contribution in [0.5, 0.6) is 0 Å². The number of benzene rings is 1. The van der Waals surface area contributed by atoms with Crippen LogP contribution in [0, 0.1) is 0 Å². The molecule has 0 aliphatic carbocycles. The number of aromatic nitrogens is 2. The largest absolute Gasteiger partial charge is 0.399 e. The maximum Gasteiger partial charge on any atom is 0.203 e. The molecule has 0 unspecified atom stereocenters. The summed E-state index contributed by atoms with van der Waals surface area (Å²) in [6.45, 7) is 6.91. The molecule has 5 heteroatoms. The van der Waals surface area contributed by atoms with Crippen LogP contribution in [0.2, 0.25) is 0 Å². The second-order valence-corrected chi connectivity index (χ2v) is 5.16. The quantitative estimate of drug-likeness (QED) is 0.720. The van der Waals surface area contributed by atoms with Gasteiger partial charge >= 0.3 is 0 Å². The lowest BCUT2D eigenvalue weighted by Gasteiger charge is -2.27.